The molecule has 0 saturated carbocycles. The predicted octanol–water partition coefficient (Wildman–Crippen LogP) is 2.77. The van der Waals surface area contributed by atoms with Crippen molar-refractivity contribution >= 4 is 12.0 Å². The molecule has 2 heterocycles. The van der Waals surface area contributed by atoms with Gasteiger partial charge in [-0.25, -0.2) is 0 Å². The zero-order chi connectivity index (χ0) is 16.6. The average Bonchev–Trinajstić information content (AvgIpc) is 3.11. The predicted molar refractivity (Wildman–Crippen MR) is 93.9 cm³/mol. The minimum atomic E-state index is -0.113. The number of carbonyl (C=O) groups is 1. The van der Waals surface area contributed by atoms with Crippen LogP contribution in [0.1, 0.15) is 5.56 Å². The first-order chi connectivity index (χ1) is 11.8. The smallest absolute Gasteiger partial charge is 0.244 e. The normalized spacial score (nSPS) is 10.8. The summed E-state index contributed by atoms with van der Waals surface area (Å²) in [4.78, 5) is 15.9. The van der Waals surface area contributed by atoms with Crippen molar-refractivity contribution in [1.82, 2.24) is 20.1 Å². The van der Waals surface area contributed by atoms with Gasteiger partial charge in [0.05, 0.1) is 12.7 Å². The maximum absolute atomic E-state index is 11.8. The lowest BCUT2D eigenvalue weighted by Crippen LogP contribution is -2.25. The molecule has 1 aromatic carbocycles. The highest BCUT2D eigenvalue weighted by Gasteiger charge is 2.02. The van der Waals surface area contributed by atoms with E-state index in [9.17, 15) is 4.79 Å². The minimum Gasteiger partial charge on any atom is -0.351 e. The van der Waals surface area contributed by atoms with Gasteiger partial charge in [-0.2, -0.15) is 5.10 Å². The van der Waals surface area contributed by atoms with E-state index in [4.69, 9.17) is 0 Å². The molecule has 0 aliphatic rings. The molecule has 0 aliphatic carbocycles. The van der Waals surface area contributed by atoms with E-state index in [1.54, 1.807) is 30.7 Å². The summed E-state index contributed by atoms with van der Waals surface area (Å²) in [5.74, 6) is -0.113. The zero-order valence-corrected chi connectivity index (χ0v) is 13.2. The Labute approximate surface area is 140 Å². The molecule has 0 unspecified atom stereocenters. The summed E-state index contributed by atoms with van der Waals surface area (Å²) in [5, 5.41) is 7.15. The average molecular weight is 318 g/mol. The van der Waals surface area contributed by atoms with Crippen molar-refractivity contribution in [2.75, 3.05) is 6.54 Å². The highest BCUT2D eigenvalue weighted by Crippen LogP contribution is 2.16. The maximum Gasteiger partial charge on any atom is 0.244 e. The third kappa shape index (κ3) is 4.39. The second-order valence-electron chi connectivity index (χ2n) is 5.27. The van der Waals surface area contributed by atoms with Crippen LogP contribution in [-0.4, -0.2) is 27.2 Å². The summed E-state index contributed by atoms with van der Waals surface area (Å²) < 4.78 is 1.81. The van der Waals surface area contributed by atoms with Crippen LogP contribution in [0, 0.1) is 0 Å². The van der Waals surface area contributed by atoms with Crippen LogP contribution in [0.2, 0.25) is 0 Å². The van der Waals surface area contributed by atoms with Crippen molar-refractivity contribution < 1.29 is 4.79 Å². The summed E-state index contributed by atoms with van der Waals surface area (Å²) in [6.45, 7) is 1.14. The molecule has 5 heteroatoms. The first kappa shape index (κ1) is 15.7. The van der Waals surface area contributed by atoms with Gasteiger partial charge in [-0.1, -0.05) is 36.4 Å². The molecule has 3 aromatic rings. The molecule has 0 bridgehead atoms. The zero-order valence-electron chi connectivity index (χ0n) is 13.2. The Bertz CT molecular complexity index is 810. The van der Waals surface area contributed by atoms with Crippen molar-refractivity contribution in [3.8, 4) is 11.1 Å². The Morgan fingerprint density at radius 2 is 1.96 bits per heavy atom. The summed E-state index contributed by atoms with van der Waals surface area (Å²) in [7, 11) is 0. The summed E-state index contributed by atoms with van der Waals surface area (Å²) in [5.41, 5.74) is 3.04. The van der Waals surface area contributed by atoms with Gasteiger partial charge in [0, 0.05) is 42.3 Å². The molecule has 0 saturated heterocycles. The van der Waals surface area contributed by atoms with Crippen molar-refractivity contribution in [2.24, 2.45) is 0 Å². The van der Waals surface area contributed by atoms with E-state index in [1.807, 2.05) is 53.3 Å². The number of rotatable bonds is 6. The minimum absolute atomic E-state index is 0.113. The Kier molecular flexibility index (Phi) is 5.14. The number of amides is 1. The first-order valence-electron chi connectivity index (χ1n) is 7.75. The molecule has 0 radical (unpaired) electrons. The fourth-order valence-electron chi connectivity index (χ4n) is 2.26. The third-order valence-corrected chi connectivity index (χ3v) is 3.49. The fourth-order valence-corrected chi connectivity index (χ4v) is 2.26. The summed E-state index contributed by atoms with van der Waals surface area (Å²) in [6, 6.07) is 13.6. The van der Waals surface area contributed by atoms with Crippen molar-refractivity contribution in [1.29, 1.82) is 0 Å². The Hall–Kier alpha value is -3.21. The molecule has 0 atom stereocenters. The highest BCUT2D eigenvalue weighted by molar-refractivity contribution is 5.91. The van der Waals surface area contributed by atoms with E-state index in [0.29, 0.717) is 13.1 Å². The number of nitrogens with zero attached hydrogens (tertiary/aromatic N) is 3. The first-order valence-corrected chi connectivity index (χ1v) is 7.75. The van der Waals surface area contributed by atoms with Crippen LogP contribution < -0.4 is 5.32 Å². The maximum atomic E-state index is 11.8. The van der Waals surface area contributed by atoms with E-state index in [1.165, 1.54) is 0 Å². The van der Waals surface area contributed by atoms with Gasteiger partial charge >= 0.3 is 0 Å². The van der Waals surface area contributed by atoms with Crippen LogP contribution in [-0.2, 0) is 11.3 Å². The van der Waals surface area contributed by atoms with Crippen molar-refractivity contribution in [3.63, 3.8) is 0 Å². The van der Waals surface area contributed by atoms with Gasteiger partial charge in [0.2, 0.25) is 5.91 Å². The van der Waals surface area contributed by atoms with Crippen molar-refractivity contribution in [3.05, 3.63) is 78.9 Å². The molecular formula is C19H18N4O. The van der Waals surface area contributed by atoms with Gasteiger partial charge in [0.25, 0.3) is 0 Å². The number of hydrogen-bond donors (Lipinski definition) is 1. The topological polar surface area (TPSA) is 59.8 Å². The van der Waals surface area contributed by atoms with E-state index in [0.717, 1.165) is 16.7 Å². The van der Waals surface area contributed by atoms with Gasteiger partial charge in [0.1, 0.15) is 0 Å². The number of nitrogens with one attached hydrogen (secondary N) is 1. The van der Waals surface area contributed by atoms with E-state index < -0.39 is 0 Å². The molecule has 1 amide bonds. The van der Waals surface area contributed by atoms with Crippen LogP contribution >= 0.6 is 0 Å². The van der Waals surface area contributed by atoms with Crippen LogP contribution in [0.25, 0.3) is 17.2 Å². The molecule has 120 valence electrons. The molecular weight excluding hydrogens is 300 g/mol. The second kappa shape index (κ2) is 7.87. The largest absolute Gasteiger partial charge is 0.351 e. The third-order valence-electron chi connectivity index (χ3n) is 3.49. The highest BCUT2D eigenvalue weighted by atomic mass is 16.1. The lowest BCUT2D eigenvalue weighted by molar-refractivity contribution is -0.116. The van der Waals surface area contributed by atoms with Gasteiger partial charge in [-0.3, -0.25) is 14.5 Å². The molecule has 0 fully saturated rings. The second-order valence-corrected chi connectivity index (χ2v) is 5.27. The summed E-state index contributed by atoms with van der Waals surface area (Å²) in [6.07, 6.45) is 10.6. The van der Waals surface area contributed by atoms with Gasteiger partial charge in [-0.15, -0.1) is 0 Å². The summed E-state index contributed by atoms with van der Waals surface area (Å²) >= 11 is 0. The number of aromatic nitrogens is 3. The van der Waals surface area contributed by atoms with Crippen LogP contribution in [0.5, 0.6) is 0 Å². The molecule has 3 rings (SSSR count). The number of hydrogen-bond acceptors (Lipinski definition) is 3. The Morgan fingerprint density at radius 1 is 1.08 bits per heavy atom. The molecule has 0 spiro atoms. The number of carbonyl (C=O) groups excluding carboxylic acids is 1. The lowest BCUT2D eigenvalue weighted by atomic mass is 10.2. The number of pyridine rings is 1. The molecule has 1 N–H and O–H groups in total. The van der Waals surface area contributed by atoms with E-state index in [-0.39, 0.29) is 5.91 Å². The van der Waals surface area contributed by atoms with E-state index in [2.05, 4.69) is 15.4 Å². The van der Waals surface area contributed by atoms with Gasteiger partial charge in [0.15, 0.2) is 0 Å². The van der Waals surface area contributed by atoms with E-state index >= 15 is 0 Å². The Balaban J connectivity index is 1.47. The molecule has 5 nitrogen and oxygen atoms in total. The molecule has 0 aliphatic heterocycles. The van der Waals surface area contributed by atoms with Crippen LogP contribution in [0.3, 0.4) is 0 Å². The quantitative estimate of drug-likeness (QED) is 0.711. The number of benzene rings is 1. The van der Waals surface area contributed by atoms with Crippen LogP contribution in [0.15, 0.2) is 73.3 Å². The van der Waals surface area contributed by atoms with Gasteiger partial charge in [-0.05, 0) is 17.7 Å². The molecule has 2 aromatic heterocycles. The SMILES string of the molecule is O=C(C=Cc1ccccc1)NCCn1cc(-c2cccnc2)cn1. The standard InChI is InChI=1S/C19H18N4O/c24-19(9-8-16-5-2-1-3-6-16)21-11-12-23-15-18(14-22-23)17-7-4-10-20-13-17/h1-10,13-15H,11-12H2,(H,21,24). The molecule has 24 heavy (non-hydrogen) atoms. The van der Waals surface area contributed by atoms with Gasteiger partial charge < -0.3 is 5.32 Å². The van der Waals surface area contributed by atoms with Crippen molar-refractivity contribution in [2.45, 2.75) is 6.54 Å². The fraction of sp³-hybridized carbons (Fsp3) is 0.105. The Morgan fingerprint density at radius 3 is 2.75 bits per heavy atom. The monoisotopic (exact) mass is 318 g/mol. The lowest BCUT2D eigenvalue weighted by Gasteiger charge is -2.02. The van der Waals surface area contributed by atoms with Crippen LogP contribution in [0.4, 0.5) is 0 Å².